The first kappa shape index (κ1) is 16.8. The molecule has 1 N–H and O–H groups in total. The van der Waals surface area contributed by atoms with Gasteiger partial charge in [-0.25, -0.2) is 0 Å². The average Bonchev–Trinajstić information content (AvgIpc) is 2.88. The van der Waals surface area contributed by atoms with Crippen LogP contribution in [-0.2, 0) is 20.9 Å². The standard InChI is InChI=1S/C15H21N3O3S/c1-3-21-15(20)10-18-9-12(7-17-18)6-13-8-16-5-4-14(13)22-11(2)19/h6-7,9,14,16H,3-5,8,10H2,1-2H3. The van der Waals surface area contributed by atoms with Gasteiger partial charge in [0.2, 0.25) is 0 Å². The molecule has 0 amide bonds. The molecule has 0 radical (unpaired) electrons. The van der Waals surface area contributed by atoms with Crippen molar-refractivity contribution in [3.8, 4) is 0 Å². The van der Waals surface area contributed by atoms with Gasteiger partial charge in [0, 0.05) is 30.5 Å². The van der Waals surface area contributed by atoms with Crippen molar-refractivity contribution in [3.05, 3.63) is 23.5 Å². The molecule has 1 aromatic heterocycles. The van der Waals surface area contributed by atoms with Crippen molar-refractivity contribution in [2.24, 2.45) is 0 Å². The lowest BCUT2D eigenvalue weighted by molar-refractivity contribution is -0.144. The molecule has 22 heavy (non-hydrogen) atoms. The Morgan fingerprint density at radius 3 is 3.14 bits per heavy atom. The number of esters is 1. The fourth-order valence-corrected chi connectivity index (χ4v) is 3.28. The van der Waals surface area contributed by atoms with Gasteiger partial charge >= 0.3 is 5.97 Å². The molecule has 1 atom stereocenters. The zero-order chi connectivity index (χ0) is 15.9. The van der Waals surface area contributed by atoms with Gasteiger partial charge in [0.25, 0.3) is 0 Å². The first-order valence-corrected chi connectivity index (χ1v) is 8.23. The average molecular weight is 323 g/mol. The molecule has 7 heteroatoms. The lowest BCUT2D eigenvalue weighted by Gasteiger charge is -2.24. The minimum atomic E-state index is -0.297. The van der Waals surface area contributed by atoms with E-state index in [0.29, 0.717) is 6.61 Å². The summed E-state index contributed by atoms with van der Waals surface area (Å²) in [4.78, 5) is 22.8. The predicted octanol–water partition coefficient (Wildman–Crippen LogP) is 1.47. The Balaban J connectivity index is 2.05. The molecular formula is C15H21N3O3S. The number of aromatic nitrogens is 2. The highest BCUT2D eigenvalue weighted by Gasteiger charge is 2.20. The van der Waals surface area contributed by atoms with Crippen molar-refractivity contribution in [1.29, 1.82) is 0 Å². The Bertz CT molecular complexity index is 568. The van der Waals surface area contributed by atoms with Crippen LogP contribution in [0.5, 0.6) is 0 Å². The summed E-state index contributed by atoms with van der Waals surface area (Å²) < 4.78 is 6.46. The summed E-state index contributed by atoms with van der Waals surface area (Å²) in [6.07, 6.45) is 6.51. The number of carbonyl (C=O) groups excluding carboxylic acids is 2. The summed E-state index contributed by atoms with van der Waals surface area (Å²) in [5.74, 6) is -0.297. The van der Waals surface area contributed by atoms with E-state index in [1.54, 1.807) is 24.7 Å². The van der Waals surface area contributed by atoms with Gasteiger partial charge in [0.05, 0.1) is 12.8 Å². The molecule has 0 bridgehead atoms. The van der Waals surface area contributed by atoms with Crippen LogP contribution in [-0.4, -0.2) is 45.8 Å². The van der Waals surface area contributed by atoms with Gasteiger partial charge < -0.3 is 10.1 Å². The van der Waals surface area contributed by atoms with E-state index in [2.05, 4.69) is 10.4 Å². The summed E-state index contributed by atoms with van der Waals surface area (Å²) >= 11 is 1.38. The Kier molecular flexibility index (Phi) is 6.21. The van der Waals surface area contributed by atoms with Gasteiger partial charge in [-0.05, 0) is 25.5 Å². The quantitative estimate of drug-likeness (QED) is 0.827. The van der Waals surface area contributed by atoms with Crippen molar-refractivity contribution in [3.63, 3.8) is 0 Å². The number of hydrogen-bond donors (Lipinski definition) is 1. The smallest absolute Gasteiger partial charge is 0.327 e. The summed E-state index contributed by atoms with van der Waals surface area (Å²) in [7, 11) is 0. The van der Waals surface area contributed by atoms with Crippen LogP contribution < -0.4 is 5.32 Å². The second kappa shape index (κ2) is 8.14. The maximum Gasteiger partial charge on any atom is 0.327 e. The van der Waals surface area contributed by atoms with Crippen LogP contribution in [0.15, 0.2) is 18.0 Å². The molecule has 0 aliphatic carbocycles. The van der Waals surface area contributed by atoms with Crippen molar-refractivity contribution in [2.45, 2.75) is 32.1 Å². The van der Waals surface area contributed by atoms with Crippen molar-refractivity contribution in [2.75, 3.05) is 19.7 Å². The Labute approximate surface area is 134 Å². The normalized spacial score (nSPS) is 20.1. The largest absolute Gasteiger partial charge is 0.465 e. The van der Waals surface area contributed by atoms with Crippen LogP contribution >= 0.6 is 11.8 Å². The van der Waals surface area contributed by atoms with Crippen molar-refractivity contribution >= 4 is 28.9 Å². The van der Waals surface area contributed by atoms with Crippen LogP contribution in [0.3, 0.4) is 0 Å². The SMILES string of the molecule is CCOC(=O)Cn1cc(C=C2CNCCC2SC(C)=O)cn1. The van der Waals surface area contributed by atoms with E-state index in [0.717, 1.165) is 25.1 Å². The van der Waals surface area contributed by atoms with E-state index in [9.17, 15) is 9.59 Å². The summed E-state index contributed by atoms with van der Waals surface area (Å²) in [5.41, 5.74) is 2.11. The van der Waals surface area contributed by atoms with Gasteiger partial charge in [-0.15, -0.1) is 0 Å². The summed E-state index contributed by atoms with van der Waals surface area (Å²) in [6.45, 7) is 5.55. The van der Waals surface area contributed by atoms with Gasteiger partial charge in [-0.1, -0.05) is 17.8 Å². The molecular weight excluding hydrogens is 302 g/mol. The fourth-order valence-electron chi connectivity index (χ4n) is 2.34. The van der Waals surface area contributed by atoms with Gasteiger partial charge in [-0.3, -0.25) is 14.3 Å². The lowest BCUT2D eigenvalue weighted by Crippen LogP contribution is -2.32. The molecule has 1 aromatic rings. The monoisotopic (exact) mass is 323 g/mol. The number of thioether (sulfide) groups is 1. The first-order valence-electron chi connectivity index (χ1n) is 7.35. The third-order valence-corrected chi connectivity index (χ3v) is 4.39. The molecule has 1 fully saturated rings. The number of nitrogens with zero attached hydrogens (tertiary/aromatic N) is 2. The minimum Gasteiger partial charge on any atom is -0.465 e. The third kappa shape index (κ3) is 4.99. The highest BCUT2D eigenvalue weighted by Crippen LogP contribution is 2.26. The molecule has 6 nitrogen and oxygen atoms in total. The van der Waals surface area contributed by atoms with Gasteiger partial charge in [-0.2, -0.15) is 5.10 Å². The van der Waals surface area contributed by atoms with Crippen molar-refractivity contribution < 1.29 is 14.3 Å². The number of ether oxygens (including phenoxy) is 1. The fraction of sp³-hybridized carbons (Fsp3) is 0.533. The van der Waals surface area contributed by atoms with Crippen LogP contribution in [0.2, 0.25) is 0 Å². The minimum absolute atomic E-state index is 0.112. The molecule has 0 aromatic carbocycles. The van der Waals surface area contributed by atoms with Crippen LogP contribution in [0.4, 0.5) is 0 Å². The van der Waals surface area contributed by atoms with E-state index < -0.39 is 0 Å². The van der Waals surface area contributed by atoms with Gasteiger partial charge in [0.15, 0.2) is 5.12 Å². The number of piperidine rings is 1. The zero-order valence-corrected chi connectivity index (χ0v) is 13.7. The molecule has 0 spiro atoms. The molecule has 2 heterocycles. The second-order valence-electron chi connectivity index (χ2n) is 5.06. The summed E-state index contributed by atoms with van der Waals surface area (Å²) in [5, 5.41) is 7.84. The highest BCUT2D eigenvalue weighted by atomic mass is 32.2. The zero-order valence-electron chi connectivity index (χ0n) is 12.9. The van der Waals surface area contributed by atoms with E-state index in [1.807, 2.05) is 12.3 Å². The molecule has 2 rings (SSSR count). The maximum atomic E-state index is 11.4. The number of rotatable bonds is 5. The van der Waals surface area contributed by atoms with Crippen LogP contribution in [0.1, 0.15) is 25.8 Å². The molecule has 120 valence electrons. The maximum absolute atomic E-state index is 11.4. The number of carbonyl (C=O) groups is 2. The van der Waals surface area contributed by atoms with Crippen molar-refractivity contribution in [1.82, 2.24) is 15.1 Å². The van der Waals surface area contributed by atoms with E-state index in [4.69, 9.17) is 4.74 Å². The molecule has 0 saturated carbocycles. The van der Waals surface area contributed by atoms with Crippen LogP contribution in [0, 0.1) is 0 Å². The lowest BCUT2D eigenvalue weighted by atomic mass is 10.0. The van der Waals surface area contributed by atoms with Crippen LogP contribution in [0.25, 0.3) is 6.08 Å². The molecule has 1 saturated heterocycles. The van der Waals surface area contributed by atoms with E-state index in [1.165, 1.54) is 17.3 Å². The Morgan fingerprint density at radius 2 is 2.41 bits per heavy atom. The predicted molar refractivity (Wildman–Crippen MR) is 86.4 cm³/mol. The van der Waals surface area contributed by atoms with Gasteiger partial charge in [0.1, 0.15) is 6.54 Å². The Hall–Kier alpha value is -1.60. The molecule has 1 unspecified atom stereocenters. The topological polar surface area (TPSA) is 73.2 Å². The first-order chi connectivity index (χ1) is 10.6. The number of hydrogen-bond acceptors (Lipinski definition) is 6. The molecule has 1 aliphatic rings. The number of nitrogens with one attached hydrogen (secondary N) is 1. The third-order valence-electron chi connectivity index (χ3n) is 3.24. The second-order valence-corrected chi connectivity index (χ2v) is 6.44. The summed E-state index contributed by atoms with van der Waals surface area (Å²) in [6, 6.07) is 0. The van der Waals surface area contributed by atoms with E-state index >= 15 is 0 Å². The molecule has 1 aliphatic heterocycles. The Morgan fingerprint density at radius 1 is 1.59 bits per heavy atom. The van der Waals surface area contributed by atoms with E-state index in [-0.39, 0.29) is 22.9 Å². The highest BCUT2D eigenvalue weighted by molar-refractivity contribution is 8.14.